The standard InChI is InChI=1S/C10H6N2O4/c13-9(14)5-1-6-3-11-4-12-8(6)7(2-5)10(15)16/h1-4H,(H,13,14)(H,15,16). The number of carbonyl (C=O) groups is 2. The van der Waals surface area contributed by atoms with E-state index in [4.69, 9.17) is 10.2 Å². The molecule has 16 heavy (non-hydrogen) atoms. The van der Waals surface area contributed by atoms with Gasteiger partial charge in [0, 0.05) is 11.6 Å². The molecule has 0 unspecified atom stereocenters. The lowest BCUT2D eigenvalue weighted by Gasteiger charge is -2.02. The van der Waals surface area contributed by atoms with Gasteiger partial charge in [0.1, 0.15) is 6.33 Å². The van der Waals surface area contributed by atoms with Crippen molar-refractivity contribution in [2.45, 2.75) is 0 Å². The maximum Gasteiger partial charge on any atom is 0.337 e. The SMILES string of the molecule is O=C(O)c1cc(C(=O)O)c2ncncc2c1. The molecule has 80 valence electrons. The molecular weight excluding hydrogens is 212 g/mol. The van der Waals surface area contributed by atoms with Crippen molar-refractivity contribution in [3.8, 4) is 0 Å². The summed E-state index contributed by atoms with van der Waals surface area (Å²) in [4.78, 5) is 29.3. The third-order valence-corrected chi connectivity index (χ3v) is 2.08. The molecule has 0 radical (unpaired) electrons. The predicted molar refractivity (Wildman–Crippen MR) is 53.5 cm³/mol. The summed E-state index contributed by atoms with van der Waals surface area (Å²) in [5.74, 6) is -2.40. The van der Waals surface area contributed by atoms with Crippen LogP contribution < -0.4 is 0 Å². The fourth-order valence-electron chi connectivity index (χ4n) is 1.39. The molecule has 0 amide bonds. The van der Waals surface area contributed by atoms with E-state index in [1.165, 1.54) is 18.6 Å². The first kappa shape index (κ1) is 10.0. The zero-order valence-corrected chi connectivity index (χ0v) is 7.91. The molecular formula is C10H6N2O4. The van der Waals surface area contributed by atoms with E-state index in [1.807, 2.05) is 0 Å². The summed E-state index contributed by atoms with van der Waals surface area (Å²) in [7, 11) is 0. The van der Waals surface area contributed by atoms with E-state index >= 15 is 0 Å². The summed E-state index contributed by atoms with van der Waals surface area (Å²) >= 11 is 0. The van der Waals surface area contributed by atoms with Gasteiger partial charge in [-0.05, 0) is 12.1 Å². The van der Waals surface area contributed by atoms with E-state index in [0.717, 1.165) is 6.07 Å². The minimum absolute atomic E-state index is 0.0975. The maximum absolute atomic E-state index is 10.9. The van der Waals surface area contributed by atoms with Crippen LogP contribution in [0.1, 0.15) is 20.7 Å². The van der Waals surface area contributed by atoms with E-state index in [-0.39, 0.29) is 16.6 Å². The first-order chi connectivity index (χ1) is 7.59. The molecule has 2 aromatic rings. The fourth-order valence-corrected chi connectivity index (χ4v) is 1.39. The average molecular weight is 218 g/mol. The number of hydrogen-bond donors (Lipinski definition) is 2. The monoisotopic (exact) mass is 218 g/mol. The van der Waals surface area contributed by atoms with Crippen LogP contribution in [-0.2, 0) is 0 Å². The Morgan fingerprint density at radius 1 is 1.12 bits per heavy atom. The minimum Gasteiger partial charge on any atom is -0.478 e. The van der Waals surface area contributed by atoms with Gasteiger partial charge in [0.25, 0.3) is 0 Å². The normalized spacial score (nSPS) is 10.2. The number of carboxylic acid groups (broad SMARTS) is 2. The number of nitrogens with zero attached hydrogens (tertiary/aromatic N) is 2. The van der Waals surface area contributed by atoms with Crippen LogP contribution in [0.15, 0.2) is 24.7 Å². The van der Waals surface area contributed by atoms with E-state index in [9.17, 15) is 9.59 Å². The molecule has 0 spiro atoms. The minimum atomic E-state index is -1.22. The van der Waals surface area contributed by atoms with E-state index < -0.39 is 11.9 Å². The lowest BCUT2D eigenvalue weighted by Crippen LogP contribution is -2.04. The van der Waals surface area contributed by atoms with Crippen LogP contribution >= 0.6 is 0 Å². The van der Waals surface area contributed by atoms with Crippen molar-refractivity contribution in [3.63, 3.8) is 0 Å². The Morgan fingerprint density at radius 2 is 1.88 bits per heavy atom. The van der Waals surface area contributed by atoms with Gasteiger partial charge < -0.3 is 10.2 Å². The first-order valence-electron chi connectivity index (χ1n) is 4.30. The van der Waals surface area contributed by atoms with Crippen LogP contribution in [0.25, 0.3) is 10.9 Å². The Kier molecular flexibility index (Phi) is 2.24. The highest BCUT2D eigenvalue weighted by molar-refractivity contribution is 6.05. The molecule has 0 fully saturated rings. The van der Waals surface area contributed by atoms with Gasteiger partial charge >= 0.3 is 11.9 Å². The molecule has 6 nitrogen and oxygen atoms in total. The van der Waals surface area contributed by atoms with E-state index in [2.05, 4.69) is 9.97 Å². The van der Waals surface area contributed by atoms with E-state index in [0.29, 0.717) is 5.39 Å². The third-order valence-electron chi connectivity index (χ3n) is 2.08. The predicted octanol–water partition coefficient (Wildman–Crippen LogP) is 1.03. The molecule has 1 aromatic heterocycles. The number of hydrogen-bond acceptors (Lipinski definition) is 4. The smallest absolute Gasteiger partial charge is 0.337 e. The van der Waals surface area contributed by atoms with Crippen LogP contribution in [-0.4, -0.2) is 32.1 Å². The Balaban J connectivity index is 2.84. The summed E-state index contributed by atoms with van der Waals surface area (Å²) in [6.45, 7) is 0. The molecule has 0 aliphatic rings. The number of aromatic nitrogens is 2. The second kappa shape index (κ2) is 3.58. The van der Waals surface area contributed by atoms with Gasteiger partial charge in [0.15, 0.2) is 0 Å². The fraction of sp³-hybridized carbons (Fsp3) is 0. The Bertz CT molecular complexity index is 594. The van der Waals surface area contributed by atoms with Crippen molar-refractivity contribution < 1.29 is 19.8 Å². The number of carboxylic acids is 2. The Labute approximate surface area is 89.2 Å². The molecule has 0 bridgehead atoms. The maximum atomic E-state index is 10.9. The van der Waals surface area contributed by atoms with Gasteiger partial charge in [-0.1, -0.05) is 0 Å². The van der Waals surface area contributed by atoms with Crippen molar-refractivity contribution in [2.75, 3.05) is 0 Å². The van der Waals surface area contributed by atoms with Crippen LogP contribution in [0.5, 0.6) is 0 Å². The molecule has 6 heteroatoms. The summed E-state index contributed by atoms with van der Waals surface area (Å²) < 4.78 is 0. The molecule has 2 rings (SSSR count). The van der Waals surface area contributed by atoms with Gasteiger partial charge in [-0.2, -0.15) is 0 Å². The van der Waals surface area contributed by atoms with E-state index in [1.54, 1.807) is 0 Å². The van der Waals surface area contributed by atoms with Gasteiger partial charge in [-0.3, -0.25) is 0 Å². The molecule has 2 N–H and O–H groups in total. The second-order valence-corrected chi connectivity index (χ2v) is 3.09. The van der Waals surface area contributed by atoms with Gasteiger partial charge in [0.2, 0.25) is 0 Å². The van der Waals surface area contributed by atoms with Crippen LogP contribution in [0, 0.1) is 0 Å². The molecule has 0 atom stereocenters. The molecule has 1 heterocycles. The van der Waals surface area contributed by atoms with Gasteiger partial charge in [-0.15, -0.1) is 0 Å². The topological polar surface area (TPSA) is 100 Å². The molecule has 0 saturated carbocycles. The number of fused-ring (bicyclic) bond motifs is 1. The number of benzene rings is 1. The highest BCUT2D eigenvalue weighted by atomic mass is 16.4. The van der Waals surface area contributed by atoms with Crippen LogP contribution in [0.2, 0.25) is 0 Å². The Hall–Kier alpha value is -2.50. The van der Waals surface area contributed by atoms with Crippen molar-refractivity contribution in [2.24, 2.45) is 0 Å². The lowest BCUT2D eigenvalue weighted by atomic mass is 10.1. The summed E-state index contributed by atoms with van der Waals surface area (Å²) in [6, 6.07) is 2.42. The molecule has 1 aromatic carbocycles. The third kappa shape index (κ3) is 1.56. The lowest BCUT2D eigenvalue weighted by molar-refractivity contribution is 0.0696. The van der Waals surface area contributed by atoms with Crippen LogP contribution in [0.4, 0.5) is 0 Å². The van der Waals surface area contributed by atoms with Crippen LogP contribution in [0.3, 0.4) is 0 Å². The Morgan fingerprint density at radius 3 is 2.50 bits per heavy atom. The molecule has 0 aliphatic heterocycles. The van der Waals surface area contributed by atoms with Crippen molar-refractivity contribution in [1.29, 1.82) is 0 Å². The highest BCUT2D eigenvalue weighted by Crippen LogP contribution is 2.18. The van der Waals surface area contributed by atoms with Gasteiger partial charge in [-0.25, -0.2) is 19.6 Å². The molecule has 0 aliphatic carbocycles. The first-order valence-corrected chi connectivity index (χ1v) is 4.30. The molecule has 0 saturated heterocycles. The second-order valence-electron chi connectivity index (χ2n) is 3.09. The van der Waals surface area contributed by atoms with Crippen molar-refractivity contribution >= 4 is 22.8 Å². The summed E-state index contributed by atoms with van der Waals surface area (Å²) in [5, 5.41) is 18.1. The number of aromatic carboxylic acids is 2. The summed E-state index contributed by atoms with van der Waals surface area (Å²) in [5.41, 5.74) is -0.00972. The quantitative estimate of drug-likeness (QED) is 0.780. The zero-order valence-electron chi connectivity index (χ0n) is 7.91. The highest BCUT2D eigenvalue weighted by Gasteiger charge is 2.14. The number of rotatable bonds is 2. The van der Waals surface area contributed by atoms with Gasteiger partial charge in [0.05, 0.1) is 16.6 Å². The average Bonchev–Trinajstić information content (AvgIpc) is 2.27. The van der Waals surface area contributed by atoms with Crippen molar-refractivity contribution in [3.05, 3.63) is 35.8 Å². The summed E-state index contributed by atoms with van der Waals surface area (Å²) in [6.07, 6.45) is 2.59. The van der Waals surface area contributed by atoms with Crippen molar-refractivity contribution in [1.82, 2.24) is 9.97 Å². The zero-order chi connectivity index (χ0) is 11.7. The largest absolute Gasteiger partial charge is 0.478 e.